The largest absolute Gasteiger partial charge is 0.351 e. The van der Waals surface area contributed by atoms with Crippen molar-refractivity contribution in [3.63, 3.8) is 0 Å². The lowest BCUT2D eigenvalue weighted by molar-refractivity contribution is 0.102. The van der Waals surface area contributed by atoms with E-state index in [4.69, 9.17) is 0 Å². The molecule has 0 aliphatic heterocycles. The molecule has 2 aromatic carbocycles. The Morgan fingerprint density at radius 1 is 1.12 bits per heavy atom. The van der Waals surface area contributed by atoms with Gasteiger partial charge in [0, 0.05) is 34.7 Å². The third-order valence-electron chi connectivity index (χ3n) is 3.95. The Kier molecular flexibility index (Phi) is 3.39. The average molecular weight is 316 g/mol. The van der Waals surface area contributed by atoms with Crippen LogP contribution in [0.3, 0.4) is 0 Å². The number of fused-ring (bicyclic) bond motifs is 1. The van der Waals surface area contributed by atoms with E-state index in [-0.39, 0.29) is 5.91 Å². The summed E-state index contributed by atoms with van der Waals surface area (Å²) < 4.78 is 1.91. The van der Waals surface area contributed by atoms with Gasteiger partial charge >= 0.3 is 0 Å². The highest BCUT2D eigenvalue weighted by Gasteiger charge is 2.10. The molecule has 0 fully saturated rings. The quantitative estimate of drug-likeness (QED) is 0.602. The standard InChI is InChI=1S/C19H16N4O/c1-13-2-3-14-11-18(22-17(14)10-13)19(24)21-15-4-6-16(7-5-15)23-9-8-20-12-23/h2-12,22H,1H3,(H,21,24). The Hall–Kier alpha value is -3.34. The first-order valence-electron chi connectivity index (χ1n) is 7.68. The minimum atomic E-state index is -0.153. The van der Waals surface area contributed by atoms with Crippen molar-refractivity contribution in [2.24, 2.45) is 0 Å². The number of nitrogens with one attached hydrogen (secondary N) is 2. The van der Waals surface area contributed by atoms with Crippen LogP contribution in [0.4, 0.5) is 5.69 Å². The molecule has 0 spiro atoms. The van der Waals surface area contributed by atoms with Crippen LogP contribution in [-0.2, 0) is 0 Å². The normalized spacial score (nSPS) is 10.9. The van der Waals surface area contributed by atoms with E-state index in [1.165, 1.54) is 0 Å². The van der Waals surface area contributed by atoms with Gasteiger partial charge in [-0.3, -0.25) is 4.79 Å². The number of nitrogens with zero attached hydrogens (tertiary/aromatic N) is 2. The predicted octanol–water partition coefficient (Wildman–Crippen LogP) is 3.91. The molecule has 2 N–H and O–H groups in total. The fourth-order valence-corrected chi connectivity index (χ4v) is 2.69. The van der Waals surface area contributed by atoms with Crippen LogP contribution >= 0.6 is 0 Å². The number of carbonyl (C=O) groups is 1. The fraction of sp³-hybridized carbons (Fsp3) is 0.0526. The molecule has 2 heterocycles. The van der Waals surface area contributed by atoms with Crippen molar-refractivity contribution in [3.8, 4) is 5.69 Å². The van der Waals surface area contributed by atoms with Crippen LogP contribution in [0.15, 0.2) is 67.3 Å². The van der Waals surface area contributed by atoms with E-state index in [0.717, 1.165) is 27.8 Å². The molecular formula is C19H16N4O. The summed E-state index contributed by atoms with van der Waals surface area (Å²) in [7, 11) is 0. The van der Waals surface area contributed by atoms with E-state index in [2.05, 4.69) is 15.3 Å². The molecule has 1 amide bonds. The van der Waals surface area contributed by atoms with Crippen LogP contribution in [0.25, 0.3) is 16.6 Å². The molecule has 5 nitrogen and oxygen atoms in total. The SMILES string of the molecule is Cc1ccc2cc(C(=O)Nc3ccc(-n4ccnc4)cc3)[nH]c2c1. The molecule has 2 aromatic heterocycles. The predicted molar refractivity (Wildman–Crippen MR) is 94.6 cm³/mol. The van der Waals surface area contributed by atoms with Crippen molar-refractivity contribution in [2.45, 2.75) is 6.92 Å². The van der Waals surface area contributed by atoms with Crippen LogP contribution in [0, 0.1) is 6.92 Å². The molecule has 0 bridgehead atoms. The molecule has 4 aromatic rings. The van der Waals surface area contributed by atoms with E-state index >= 15 is 0 Å². The Morgan fingerprint density at radius 2 is 1.96 bits per heavy atom. The molecule has 118 valence electrons. The second-order valence-electron chi connectivity index (χ2n) is 5.74. The minimum Gasteiger partial charge on any atom is -0.351 e. The van der Waals surface area contributed by atoms with E-state index in [9.17, 15) is 4.79 Å². The topological polar surface area (TPSA) is 62.7 Å². The van der Waals surface area contributed by atoms with Gasteiger partial charge in [0.05, 0.1) is 6.33 Å². The molecule has 0 unspecified atom stereocenters. The van der Waals surface area contributed by atoms with Gasteiger partial charge in [0.2, 0.25) is 0 Å². The number of anilines is 1. The van der Waals surface area contributed by atoms with Gasteiger partial charge in [-0.25, -0.2) is 4.98 Å². The molecule has 5 heteroatoms. The number of hydrogen-bond donors (Lipinski definition) is 2. The summed E-state index contributed by atoms with van der Waals surface area (Å²) in [5, 5.41) is 3.94. The van der Waals surface area contributed by atoms with Gasteiger partial charge in [-0.2, -0.15) is 0 Å². The number of benzene rings is 2. The minimum absolute atomic E-state index is 0.153. The summed E-state index contributed by atoms with van der Waals surface area (Å²) in [5.41, 5.74) is 4.42. The number of amides is 1. The second-order valence-corrected chi connectivity index (χ2v) is 5.74. The summed E-state index contributed by atoms with van der Waals surface area (Å²) in [6.45, 7) is 2.03. The van der Waals surface area contributed by atoms with Gasteiger partial charge < -0.3 is 14.9 Å². The van der Waals surface area contributed by atoms with E-state index in [1.807, 2.05) is 66.2 Å². The van der Waals surface area contributed by atoms with Crippen LogP contribution in [0.5, 0.6) is 0 Å². The van der Waals surface area contributed by atoms with Gasteiger partial charge in [-0.1, -0.05) is 12.1 Å². The van der Waals surface area contributed by atoms with Crippen LogP contribution in [-0.4, -0.2) is 20.4 Å². The first-order valence-corrected chi connectivity index (χ1v) is 7.68. The lowest BCUT2D eigenvalue weighted by atomic mass is 10.2. The zero-order chi connectivity index (χ0) is 16.5. The molecule has 0 atom stereocenters. The highest BCUT2D eigenvalue weighted by Crippen LogP contribution is 2.19. The van der Waals surface area contributed by atoms with Gasteiger partial charge in [0.15, 0.2) is 0 Å². The molecule has 4 rings (SSSR count). The Labute approximate surface area is 139 Å². The lowest BCUT2D eigenvalue weighted by Crippen LogP contribution is -2.12. The summed E-state index contributed by atoms with van der Waals surface area (Å²) in [5.74, 6) is -0.153. The average Bonchev–Trinajstić information content (AvgIpc) is 3.24. The van der Waals surface area contributed by atoms with Crippen molar-refractivity contribution < 1.29 is 4.79 Å². The maximum absolute atomic E-state index is 12.4. The number of imidazole rings is 1. The molecule has 0 aliphatic rings. The highest BCUT2D eigenvalue weighted by atomic mass is 16.1. The molecule has 0 saturated heterocycles. The molecular weight excluding hydrogens is 300 g/mol. The van der Waals surface area contributed by atoms with E-state index in [1.54, 1.807) is 12.5 Å². The summed E-state index contributed by atoms with van der Waals surface area (Å²) >= 11 is 0. The highest BCUT2D eigenvalue weighted by molar-refractivity contribution is 6.06. The number of hydrogen-bond acceptors (Lipinski definition) is 2. The van der Waals surface area contributed by atoms with Crippen LogP contribution in [0.1, 0.15) is 16.1 Å². The Bertz CT molecular complexity index is 998. The van der Waals surface area contributed by atoms with Crippen molar-refractivity contribution in [2.75, 3.05) is 5.32 Å². The zero-order valence-electron chi connectivity index (χ0n) is 13.2. The lowest BCUT2D eigenvalue weighted by Gasteiger charge is -2.06. The Morgan fingerprint density at radius 3 is 2.71 bits per heavy atom. The smallest absolute Gasteiger partial charge is 0.272 e. The summed E-state index contributed by atoms with van der Waals surface area (Å²) in [6.07, 6.45) is 5.34. The van der Waals surface area contributed by atoms with Gasteiger partial charge in [-0.15, -0.1) is 0 Å². The first-order chi connectivity index (χ1) is 11.7. The van der Waals surface area contributed by atoms with Gasteiger partial charge in [-0.05, 0) is 48.9 Å². The Balaban J connectivity index is 1.54. The molecule has 0 radical (unpaired) electrons. The third-order valence-corrected chi connectivity index (χ3v) is 3.95. The van der Waals surface area contributed by atoms with Crippen LogP contribution < -0.4 is 5.32 Å². The number of H-pyrrole nitrogens is 1. The fourth-order valence-electron chi connectivity index (χ4n) is 2.69. The third kappa shape index (κ3) is 2.67. The monoisotopic (exact) mass is 316 g/mol. The van der Waals surface area contributed by atoms with Crippen molar-refractivity contribution in [3.05, 3.63) is 78.5 Å². The van der Waals surface area contributed by atoms with Crippen molar-refractivity contribution in [1.82, 2.24) is 14.5 Å². The van der Waals surface area contributed by atoms with Gasteiger partial charge in [0.1, 0.15) is 5.69 Å². The number of rotatable bonds is 3. The maximum atomic E-state index is 12.4. The van der Waals surface area contributed by atoms with E-state index < -0.39 is 0 Å². The van der Waals surface area contributed by atoms with E-state index in [0.29, 0.717) is 5.69 Å². The summed E-state index contributed by atoms with van der Waals surface area (Å²) in [6, 6.07) is 15.6. The second kappa shape index (κ2) is 5.70. The maximum Gasteiger partial charge on any atom is 0.272 e. The number of aromatic nitrogens is 3. The van der Waals surface area contributed by atoms with Crippen LogP contribution in [0.2, 0.25) is 0 Å². The number of carbonyl (C=O) groups excluding carboxylic acids is 1. The molecule has 0 saturated carbocycles. The zero-order valence-corrected chi connectivity index (χ0v) is 13.2. The van der Waals surface area contributed by atoms with Gasteiger partial charge in [0.25, 0.3) is 5.91 Å². The first kappa shape index (κ1) is 14.3. The number of aryl methyl sites for hydroxylation is 1. The van der Waals surface area contributed by atoms with Crippen molar-refractivity contribution >= 4 is 22.5 Å². The molecule has 0 aliphatic carbocycles. The van der Waals surface area contributed by atoms with Crippen molar-refractivity contribution in [1.29, 1.82) is 0 Å². The molecule has 24 heavy (non-hydrogen) atoms. The number of aromatic amines is 1. The summed E-state index contributed by atoms with van der Waals surface area (Å²) in [4.78, 5) is 19.6.